The van der Waals surface area contributed by atoms with Gasteiger partial charge in [0.1, 0.15) is 0 Å². The van der Waals surface area contributed by atoms with E-state index in [1.807, 2.05) is 36.7 Å². The molecule has 0 aromatic rings. The van der Waals surface area contributed by atoms with Gasteiger partial charge in [-0.3, -0.25) is 0 Å². The summed E-state index contributed by atoms with van der Waals surface area (Å²) in [4.78, 5) is 103. The molecule has 132 valence electrons. The molecule has 26 heavy (non-hydrogen) atoms. The number of rotatable bonds is 0. The van der Waals surface area contributed by atoms with Crippen LogP contribution in [0.15, 0.2) is 36.7 Å². The van der Waals surface area contributed by atoms with Gasteiger partial charge >= 0.3 is 142 Å². The van der Waals surface area contributed by atoms with E-state index in [0.29, 0.717) is 0 Å². The topological polar surface area (TPSA) is 289 Å². The van der Waals surface area contributed by atoms with Crippen LogP contribution in [-0.2, 0) is 0 Å². The number of nitrogens with one attached hydrogen (secondary N) is 1. The van der Waals surface area contributed by atoms with Gasteiger partial charge in [-0.2, -0.15) is 0 Å². The van der Waals surface area contributed by atoms with Crippen LogP contribution in [0.3, 0.4) is 0 Å². The Kier molecular flexibility index (Phi) is 49.5. The van der Waals surface area contributed by atoms with E-state index in [2.05, 4.69) is 5.32 Å². The Labute approximate surface area is 264 Å². The summed E-state index contributed by atoms with van der Waals surface area (Å²) in [5.41, 5.74) is 0. The quantitative estimate of drug-likeness (QED) is 0.221. The van der Waals surface area contributed by atoms with Gasteiger partial charge in [-0.15, -0.1) is 0 Å². The molecular formula is C6H7La4NO12Si3. The van der Waals surface area contributed by atoms with Crippen molar-refractivity contribution in [3.8, 4) is 0 Å². The fraction of sp³-hybridized carbons (Fsp3) is 0. The van der Waals surface area contributed by atoms with E-state index in [4.69, 9.17) is 57.5 Å². The van der Waals surface area contributed by atoms with E-state index in [0.717, 1.165) is 0 Å². The van der Waals surface area contributed by atoms with E-state index < -0.39 is 27.1 Å². The van der Waals surface area contributed by atoms with Gasteiger partial charge in [0.25, 0.3) is 0 Å². The molecule has 1 N–H and O–H groups in total. The maximum absolute atomic E-state index is 8.58. The molecule has 1 aliphatic heterocycles. The second kappa shape index (κ2) is 27.0. The van der Waals surface area contributed by atoms with Crippen LogP contribution in [0.25, 0.3) is 0 Å². The minimum atomic E-state index is -5.61. The second-order valence-electron chi connectivity index (χ2n) is 2.77. The van der Waals surface area contributed by atoms with Crippen LogP contribution in [0.2, 0.25) is 0 Å². The molecule has 0 aromatic heterocycles. The molecule has 13 nitrogen and oxygen atoms in total. The van der Waals surface area contributed by atoms with Gasteiger partial charge in [-0.25, -0.2) is 0 Å². The van der Waals surface area contributed by atoms with E-state index in [9.17, 15) is 0 Å². The average molecular weight is 925 g/mol. The molecular weight excluding hydrogens is 918 g/mol. The van der Waals surface area contributed by atoms with Crippen LogP contribution in [0.5, 0.6) is 0 Å². The van der Waals surface area contributed by atoms with Gasteiger partial charge in [-0.05, 0) is 12.2 Å². The molecule has 0 unspecified atom stereocenters. The summed E-state index contributed by atoms with van der Waals surface area (Å²) in [6.07, 6.45) is 11.6. The fourth-order valence-corrected chi connectivity index (χ4v) is 0.406. The van der Waals surface area contributed by atoms with E-state index in [-0.39, 0.29) is 142 Å². The van der Waals surface area contributed by atoms with E-state index in [1.54, 1.807) is 0 Å². The molecule has 1 rings (SSSR count). The van der Waals surface area contributed by atoms with Crippen LogP contribution in [0.4, 0.5) is 0 Å². The fourth-order valence-electron chi connectivity index (χ4n) is 0.406. The van der Waals surface area contributed by atoms with Gasteiger partial charge in [0.15, 0.2) is 0 Å². The van der Waals surface area contributed by atoms with Gasteiger partial charge in [0, 0.05) is 12.4 Å². The third kappa shape index (κ3) is 169. The summed E-state index contributed by atoms with van der Waals surface area (Å²) in [6, 6.07) is 0. The van der Waals surface area contributed by atoms with Gasteiger partial charge in [0.2, 0.25) is 0 Å². The van der Waals surface area contributed by atoms with Crippen molar-refractivity contribution in [2.24, 2.45) is 0 Å². The Hall–Kier alpha value is 3.97. The monoisotopic (exact) mass is 925 g/mol. The van der Waals surface area contributed by atoms with Crippen LogP contribution in [0.1, 0.15) is 0 Å². The minimum Gasteiger partial charge on any atom is -0.894 e. The average Bonchev–Trinajstić information content (AvgIpc) is 2.38. The maximum Gasteiger partial charge on any atom is 3.00 e. The van der Waals surface area contributed by atoms with Crippen LogP contribution in [0, 0.1) is 142 Å². The molecule has 20 heteroatoms. The zero-order valence-electron chi connectivity index (χ0n) is 12.7. The zero-order chi connectivity index (χ0) is 18.4. The Morgan fingerprint density at radius 3 is 0.692 bits per heavy atom. The number of hydrogen-bond donors (Lipinski definition) is 1. The van der Waals surface area contributed by atoms with Crippen LogP contribution >= 0.6 is 0 Å². The molecule has 0 amide bonds. The molecule has 0 atom stereocenters. The Bertz CT molecular complexity index is 296. The molecule has 0 saturated heterocycles. The summed E-state index contributed by atoms with van der Waals surface area (Å²) in [7, 11) is -16.8. The third-order valence-corrected chi connectivity index (χ3v) is 0.718. The first kappa shape index (κ1) is 47.7. The van der Waals surface area contributed by atoms with Crippen LogP contribution in [-0.4, -0.2) is 27.1 Å². The first-order chi connectivity index (χ1) is 9.50. The summed E-state index contributed by atoms with van der Waals surface area (Å²) >= 11 is 0. The van der Waals surface area contributed by atoms with Crippen molar-refractivity contribution in [2.45, 2.75) is 0 Å². The molecule has 0 radical (unpaired) electrons. The predicted octanol–water partition coefficient (Wildman–Crippen LogP) is -14.2. The maximum atomic E-state index is 8.58. The molecule has 0 bridgehead atoms. The van der Waals surface area contributed by atoms with Gasteiger partial charge in [-0.1, -0.05) is 12.2 Å². The first-order valence-electron chi connectivity index (χ1n) is 4.69. The van der Waals surface area contributed by atoms with Crippen molar-refractivity contribution < 1.29 is 200 Å². The number of allylic oxidation sites excluding steroid dienone is 4. The van der Waals surface area contributed by atoms with E-state index >= 15 is 0 Å². The van der Waals surface area contributed by atoms with Crippen molar-refractivity contribution in [1.82, 2.24) is 5.32 Å². The molecule has 0 saturated carbocycles. The Morgan fingerprint density at radius 2 is 0.538 bits per heavy atom. The summed E-state index contributed by atoms with van der Waals surface area (Å²) in [6.45, 7) is 0. The smallest absolute Gasteiger partial charge is 0.894 e. The second-order valence-corrected chi connectivity index (χ2v) is 5.77. The molecule has 0 aromatic carbocycles. The van der Waals surface area contributed by atoms with Crippen molar-refractivity contribution in [3.63, 3.8) is 0 Å². The summed E-state index contributed by atoms with van der Waals surface area (Å²) in [5, 5.41) is 2.92. The largest absolute Gasteiger partial charge is 3.00 e. The first-order valence-corrected chi connectivity index (χ1v) is 9.59. The molecule has 1 heterocycles. The molecule has 0 aliphatic carbocycles. The van der Waals surface area contributed by atoms with Gasteiger partial charge in [0.05, 0.1) is 0 Å². The molecule has 1 aliphatic rings. The molecule has 0 spiro atoms. The Morgan fingerprint density at radius 1 is 0.385 bits per heavy atom. The normalized spacial score (nSPS) is 11.2. The van der Waals surface area contributed by atoms with Crippen molar-refractivity contribution in [1.29, 1.82) is 0 Å². The van der Waals surface area contributed by atoms with E-state index in [1.165, 1.54) is 0 Å². The predicted molar refractivity (Wildman–Crippen MR) is 47.8 cm³/mol. The Balaban J connectivity index is -0.0000000357. The van der Waals surface area contributed by atoms with Crippen molar-refractivity contribution >= 4 is 27.1 Å². The van der Waals surface area contributed by atoms with Crippen molar-refractivity contribution in [2.75, 3.05) is 0 Å². The minimum absolute atomic E-state index is 0. The SMILES string of the molecule is C1=CC=CNC=C1.[La+3].[La+3].[La+3].[La+3].[O-][Si]([O-])([O-])[O-].[O-][Si]([O-])([O-])[O-].[O-][Si]([O-])([O-])[O-]. The zero-order valence-corrected chi connectivity index (χ0v) is 30.2. The number of hydrogen-bond acceptors (Lipinski definition) is 13. The molecule has 0 fully saturated rings. The standard InChI is InChI=1S/C6H7N.4La.3O4Si/c1-2-4-6-7-5-3-1;;;;;3*1-5(2,3)4/h1-7H;;;;;;;/q;4*+3;3*-4. The van der Waals surface area contributed by atoms with Crippen LogP contribution < -0.4 is 62.9 Å². The third-order valence-electron chi connectivity index (χ3n) is 0.718. The van der Waals surface area contributed by atoms with Gasteiger partial charge < -0.3 is 90.0 Å². The summed E-state index contributed by atoms with van der Waals surface area (Å²) < 4.78 is 0. The van der Waals surface area contributed by atoms with Crippen molar-refractivity contribution in [3.05, 3.63) is 36.7 Å². The summed E-state index contributed by atoms with van der Waals surface area (Å²) in [5.74, 6) is 0.